The molecule has 0 fully saturated rings. The summed E-state index contributed by atoms with van der Waals surface area (Å²) in [5.74, 6) is -0.239. The highest BCUT2D eigenvalue weighted by atomic mass is 19.3. The molecule has 1 aromatic heterocycles. The lowest BCUT2D eigenvalue weighted by Gasteiger charge is -2.09. The highest BCUT2D eigenvalue weighted by Gasteiger charge is 2.26. The molecule has 0 bridgehead atoms. The maximum atomic E-state index is 12.4. The second-order valence-corrected chi connectivity index (χ2v) is 4.57. The van der Waals surface area contributed by atoms with Crippen LogP contribution in [0.3, 0.4) is 0 Å². The predicted molar refractivity (Wildman–Crippen MR) is 66.7 cm³/mol. The van der Waals surface area contributed by atoms with Gasteiger partial charge in [-0.25, -0.2) is 0 Å². The molecule has 1 N–H and O–H groups in total. The van der Waals surface area contributed by atoms with E-state index in [4.69, 9.17) is 4.74 Å². The highest BCUT2D eigenvalue weighted by molar-refractivity contribution is 5.74. The number of halogens is 2. The highest BCUT2D eigenvalue weighted by Crippen LogP contribution is 2.35. The predicted octanol–water partition coefficient (Wildman–Crippen LogP) is 2.24. The van der Waals surface area contributed by atoms with Gasteiger partial charge in [-0.05, 0) is 6.07 Å². The average Bonchev–Trinajstić information content (AvgIpc) is 3.05. The van der Waals surface area contributed by atoms with Crippen molar-refractivity contribution in [3.05, 3.63) is 29.7 Å². The number of nitrogens with zero attached hydrogens (tertiary/aromatic N) is 2. The Morgan fingerprint density at radius 1 is 1.48 bits per heavy atom. The first-order valence-electron chi connectivity index (χ1n) is 6.20. The smallest absolute Gasteiger partial charge is 0.315 e. The van der Waals surface area contributed by atoms with Crippen molar-refractivity contribution in [1.29, 1.82) is 0 Å². The van der Waals surface area contributed by atoms with Gasteiger partial charge in [0, 0.05) is 18.1 Å². The normalized spacial score (nSPS) is 16.7. The van der Waals surface area contributed by atoms with Gasteiger partial charge in [0.05, 0.1) is 6.04 Å². The van der Waals surface area contributed by atoms with E-state index in [9.17, 15) is 13.6 Å². The molecule has 6 nitrogen and oxygen atoms in total. The number of carbonyl (C=O) groups excluding carboxylic acids is 1. The summed E-state index contributed by atoms with van der Waals surface area (Å²) in [4.78, 5) is 14.7. The molecule has 1 aromatic carbocycles. The van der Waals surface area contributed by atoms with E-state index in [-0.39, 0.29) is 17.8 Å². The minimum absolute atomic E-state index is 0.0691. The van der Waals surface area contributed by atoms with Crippen molar-refractivity contribution in [3.8, 4) is 17.1 Å². The molecule has 8 heteroatoms. The molecule has 1 amide bonds. The van der Waals surface area contributed by atoms with Crippen LogP contribution in [0.25, 0.3) is 11.4 Å². The zero-order valence-electron chi connectivity index (χ0n) is 11.0. The topological polar surface area (TPSA) is 77.2 Å². The summed E-state index contributed by atoms with van der Waals surface area (Å²) >= 11 is 0. The van der Waals surface area contributed by atoms with E-state index in [1.54, 1.807) is 18.2 Å². The van der Waals surface area contributed by atoms with Gasteiger partial charge in [0.1, 0.15) is 12.4 Å². The maximum absolute atomic E-state index is 12.4. The number of ether oxygens (including phenoxy) is 1. The molecular formula is C13H11F2N3O3. The first kappa shape index (κ1) is 13.5. The summed E-state index contributed by atoms with van der Waals surface area (Å²) in [6.07, 6.45) is -2.80. The molecule has 2 heterocycles. The van der Waals surface area contributed by atoms with Gasteiger partial charge in [-0.3, -0.25) is 4.79 Å². The van der Waals surface area contributed by atoms with Gasteiger partial charge in [-0.2, -0.15) is 13.8 Å². The van der Waals surface area contributed by atoms with Crippen LogP contribution in [-0.2, 0) is 4.79 Å². The third kappa shape index (κ3) is 2.56. The number of hydrogen-bond donors (Lipinski definition) is 1. The fourth-order valence-corrected chi connectivity index (χ4v) is 2.16. The fraction of sp³-hybridized carbons (Fsp3) is 0.308. The van der Waals surface area contributed by atoms with Crippen molar-refractivity contribution < 1.29 is 22.8 Å². The van der Waals surface area contributed by atoms with Crippen molar-refractivity contribution in [2.45, 2.75) is 19.4 Å². The zero-order valence-corrected chi connectivity index (χ0v) is 11.0. The fourth-order valence-electron chi connectivity index (χ4n) is 2.16. The Hall–Kier alpha value is -2.51. The Balaban J connectivity index is 1.88. The molecule has 110 valence electrons. The van der Waals surface area contributed by atoms with Crippen LogP contribution in [0.2, 0.25) is 0 Å². The number of aromatic nitrogens is 2. The number of rotatable bonds is 3. The molecule has 1 aliphatic heterocycles. The number of nitrogens with one attached hydrogen (secondary N) is 1. The van der Waals surface area contributed by atoms with Gasteiger partial charge in [-0.15, -0.1) is 0 Å². The monoisotopic (exact) mass is 295 g/mol. The Kier molecular flexibility index (Phi) is 3.28. The number of amides is 1. The number of hydrogen-bond acceptors (Lipinski definition) is 5. The van der Waals surface area contributed by atoms with E-state index in [1.807, 2.05) is 0 Å². The van der Waals surface area contributed by atoms with Crippen LogP contribution in [0.5, 0.6) is 5.75 Å². The number of benzene rings is 1. The molecule has 0 aliphatic carbocycles. The number of fused-ring (bicyclic) bond motifs is 1. The van der Waals surface area contributed by atoms with Crippen molar-refractivity contribution in [2.75, 3.05) is 6.61 Å². The number of alkyl halides is 2. The summed E-state index contributed by atoms with van der Waals surface area (Å²) in [5, 5.41) is 6.27. The molecule has 0 spiro atoms. The summed E-state index contributed by atoms with van der Waals surface area (Å²) in [5.41, 5.74) is 1.33. The maximum Gasteiger partial charge on any atom is 0.315 e. The SMILES string of the molecule is CC(=O)N[C@@H]1COc2cc(-c3noc(C(F)F)n3)ccc21. The summed E-state index contributed by atoms with van der Waals surface area (Å²) < 4.78 is 34.8. The minimum Gasteiger partial charge on any atom is -0.491 e. The van der Waals surface area contributed by atoms with Crippen LogP contribution in [0.15, 0.2) is 22.7 Å². The van der Waals surface area contributed by atoms with Gasteiger partial charge in [0.25, 0.3) is 5.89 Å². The van der Waals surface area contributed by atoms with Gasteiger partial charge in [0.15, 0.2) is 0 Å². The van der Waals surface area contributed by atoms with Gasteiger partial charge >= 0.3 is 6.43 Å². The lowest BCUT2D eigenvalue weighted by molar-refractivity contribution is -0.119. The minimum atomic E-state index is -2.80. The molecule has 21 heavy (non-hydrogen) atoms. The average molecular weight is 295 g/mol. The van der Waals surface area contributed by atoms with E-state index in [0.717, 1.165) is 5.56 Å². The summed E-state index contributed by atoms with van der Waals surface area (Å²) in [7, 11) is 0. The second kappa shape index (κ2) is 5.12. The second-order valence-electron chi connectivity index (χ2n) is 4.57. The van der Waals surface area contributed by atoms with Gasteiger partial charge < -0.3 is 14.6 Å². The summed E-state index contributed by atoms with van der Waals surface area (Å²) in [6, 6.07) is 4.84. The molecule has 0 radical (unpaired) electrons. The molecule has 0 saturated carbocycles. The number of carbonyl (C=O) groups is 1. The first-order chi connectivity index (χ1) is 10.0. The van der Waals surface area contributed by atoms with E-state index >= 15 is 0 Å². The summed E-state index contributed by atoms with van der Waals surface area (Å²) in [6.45, 7) is 1.75. The molecule has 0 saturated heterocycles. The van der Waals surface area contributed by atoms with Crippen LogP contribution >= 0.6 is 0 Å². The molecule has 3 rings (SSSR count). The Morgan fingerprint density at radius 2 is 2.29 bits per heavy atom. The molecule has 1 aliphatic rings. The van der Waals surface area contributed by atoms with Crippen molar-refractivity contribution >= 4 is 5.91 Å². The standard InChI is InChI=1S/C13H11F2N3O3/c1-6(19)16-9-5-20-10-4-7(2-3-8(9)10)12-17-13(11(14)15)21-18-12/h2-4,9,11H,5H2,1H3,(H,16,19)/t9-/m1/s1. The van der Waals surface area contributed by atoms with E-state index < -0.39 is 12.3 Å². The largest absolute Gasteiger partial charge is 0.491 e. The first-order valence-corrected chi connectivity index (χ1v) is 6.20. The van der Waals surface area contributed by atoms with Crippen LogP contribution in [-0.4, -0.2) is 22.7 Å². The lowest BCUT2D eigenvalue weighted by Crippen LogP contribution is -2.26. The van der Waals surface area contributed by atoms with Crippen molar-refractivity contribution in [2.24, 2.45) is 0 Å². The van der Waals surface area contributed by atoms with E-state index in [2.05, 4.69) is 20.0 Å². The van der Waals surface area contributed by atoms with Gasteiger partial charge in [-0.1, -0.05) is 17.3 Å². The van der Waals surface area contributed by atoms with Crippen LogP contribution in [0.4, 0.5) is 8.78 Å². The van der Waals surface area contributed by atoms with E-state index in [0.29, 0.717) is 17.9 Å². The molecule has 2 aromatic rings. The Bertz CT molecular complexity index is 687. The molecule has 1 atom stereocenters. The van der Waals surface area contributed by atoms with Crippen LogP contribution < -0.4 is 10.1 Å². The van der Waals surface area contributed by atoms with Crippen molar-refractivity contribution in [3.63, 3.8) is 0 Å². The molecular weight excluding hydrogens is 284 g/mol. The quantitative estimate of drug-likeness (QED) is 0.939. The van der Waals surface area contributed by atoms with E-state index in [1.165, 1.54) is 6.92 Å². The third-order valence-electron chi connectivity index (χ3n) is 3.06. The molecule has 0 unspecified atom stereocenters. The van der Waals surface area contributed by atoms with Crippen molar-refractivity contribution in [1.82, 2.24) is 15.5 Å². The Morgan fingerprint density at radius 3 is 2.95 bits per heavy atom. The van der Waals surface area contributed by atoms with Gasteiger partial charge in [0.2, 0.25) is 11.7 Å². The Labute approximate surface area is 118 Å². The third-order valence-corrected chi connectivity index (χ3v) is 3.06. The lowest BCUT2D eigenvalue weighted by atomic mass is 10.1. The van der Waals surface area contributed by atoms with Crippen LogP contribution in [0, 0.1) is 0 Å². The zero-order chi connectivity index (χ0) is 15.0. The van der Waals surface area contributed by atoms with Crippen LogP contribution in [0.1, 0.15) is 30.8 Å².